The molecule has 0 amide bonds. The Bertz CT molecular complexity index is 912. The van der Waals surface area contributed by atoms with Crippen molar-refractivity contribution in [1.29, 1.82) is 0 Å². The van der Waals surface area contributed by atoms with Crippen molar-refractivity contribution in [3.8, 4) is 11.6 Å². The molecule has 0 saturated carbocycles. The highest BCUT2D eigenvalue weighted by Gasteiger charge is 2.42. The second kappa shape index (κ2) is 4.73. The van der Waals surface area contributed by atoms with Crippen LogP contribution >= 0.6 is 0 Å². The lowest BCUT2D eigenvalue weighted by molar-refractivity contribution is 0.173. The molecule has 4 rings (SSSR count). The molecule has 6 nitrogen and oxygen atoms in total. The van der Waals surface area contributed by atoms with Crippen molar-refractivity contribution in [3.05, 3.63) is 42.4 Å². The normalized spacial score (nSPS) is 17.0. The molecule has 0 atom stereocenters. The molecule has 1 saturated heterocycles. The summed E-state index contributed by atoms with van der Waals surface area (Å²) in [5.41, 5.74) is 2.23. The first-order valence-corrected chi connectivity index (χ1v) is 7.39. The molecular formula is C16H16BN3O3. The first kappa shape index (κ1) is 14.1. The van der Waals surface area contributed by atoms with Crippen LogP contribution in [0.4, 0.5) is 0 Å². The van der Waals surface area contributed by atoms with Gasteiger partial charge in [-0.15, -0.1) is 0 Å². The van der Waals surface area contributed by atoms with Crippen LogP contribution in [-0.2, 0) is 9.31 Å². The summed E-state index contributed by atoms with van der Waals surface area (Å²) in [5.74, 6) is 1.72. The number of hydrogen-bond donors (Lipinski definition) is 1. The number of aromatic amines is 1. The van der Waals surface area contributed by atoms with Crippen LogP contribution in [0.3, 0.4) is 0 Å². The van der Waals surface area contributed by atoms with E-state index in [1.807, 2.05) is 38.1 Å². The second-order valence-corrected chi connectivity index (χ2v) is 6.18. The Morgan fingerprint density at radius 3 is 2.74 bits per heavy atom. The topological polar surface area (TPSA) is 73.2 Å². The molecule has 7 heteroatoms. The zero-order chi connectivity index (χ0) is 16.2. The van der Waals surface area contributed by atoms with Crippen molar-refractivity contribution in [2.24, 2.45) is 0 Å². The summed E-state index contributed by atoms with van der Waals surface area (Å²) in [4.78, 5) is 7.51. The quantitative estimate of drug-likeness (QED) is 0.737. The maximum Gasteiger partial charge on any atom is 0.563 e. The molecule has 3 heterocycles. The average Bonchev–Trinajstić information content (AvgIpc) is 3.16. The SMILES string of the molecule is C=C1OB(c2ccc3[nH]c(-c4nc(C)no4)cc3c2)OC1(C)C. The Labute approximate surface area is 133 Å². The van der Waals surface area contributed by atoms with Crippen LogP contribution < -0.4 is 5.46 Å². The Hall–Kier alpha value is -2.54. The van der Waals surface area contributed by atoms with Gasteiger partial charge in [-0.25, -0.2) is 0 Å². The lowest BCUT2D eigenvalue weighted by Gasteiger charge is -2.15. The fourth-order valence-corrected chi connectivity index (χ4v) is 2.58. The molecule has 1 fully saturated rings. The highest BCUT2D eigenvalue weighted by Crippen LogP contribution is 2.30. The molecule has 0 bridgehead atoms. The van der Waals surface area contributed by atoms with E-state index in [0.717, 1.165) is 22.1 Å². The first-order chi connectivity index (χ1) is 10.9. The van der Waals surface area contributed by atoms with Gasteiger partial charge in [-0.3, -0.25) is 0 Å². The molecule has 23 heavy (non-hydrogen) atoms. The minimum Gasteiger partial charge on any atom is -0.534 e. The minimum absolute atomic E-state index is 0.439. The zero-order valence-corrected chi connectivity index (χ0v) is 13.2. The number of aromatic nitrogens is 3. The molecule has 2 aromatic heterocycles. The molecule has 1 aromatic carbocycles. The summed E-state index contributed by atoms with van der Waals surface area (Å²) < 4.78 is 16.9. The van der Waals surface area contributed by atoms with Gasteiger partial charge in [-0.05, 0) is 43.8 Å². The van der Waals surface area contributed by atoms with Crippen molar-refractivity contribution in [2.75, 3.05) is 0 Å². The predicted octanol–water partition coefficient (Wildman–Crippen LogP) is 2.56. The van der Waals surface area contributed by atoms with Gasteiger partial charge >= 0.3 is 7.12 Å². The zero-order valence-electron chi connectivity index (χ0n) is 13.2. The number of H-pyrrole nitrogens is 1. The Balaban J connectivity index is 1.70. The van der Waals surface area contributed by atoms with Gasteiger partial charge in [0.25, 0.3) is 5.89 Å². The van der Waals surface area contributed by atoms with Crippen LogP contribution in [-0.4, -0.2) is 27.8 Å². The summed E-state index contributed by atoms with van der Waals surface area (Å²) in [6, 6.07) is 7.96. The maximum atomic E-state index is 5.92. The van der Waals surface area contributed by atoms with E-state index in [1.54, 1.807) is 6.92 Å². The summed E-state index contributed by atoms with van der Waals surface area (Å²) in [5, 5.41) is 4.84. The van der Waals surface area contributed by atoms with Gasteiger partial charge in [-0.2, -0.15) is 4.98 Å². The number of nitrogens with one attached hydrogen (secondary N) is 1. The Kier molecular flexibility index (Phi) is 2.89. The van der Waals surface area contributed by atoms with Gasteiger partial charge in [0.05, 0.1) is 5.76 Å². The highest BCUT2D eigenvalue weighted by atomic mass is 16.7. The molecule has 0 spiro atoms. The summed E-state index contributed by atoms with van der Waals surface area (Å²) in [7, 11) is -0.439. The van der Waals surface area contributed by atoms with E-state index in [2.05, 4.69) is 21.7 Å². The van der Waals surface area contributed by atoms with Crippen molar-refractivity contribution in [3.63, 3.8) is 0 Å². The van der Waals surface area contributed by atoms with Crippen LogP contribution in [0.5, 0.6) is 0 Å². The summed E-state index contributed by atoms with van der Waals surface area (Å²) in [6.45, 7) is 9.59. The lowest BCUT2D eigenvalue weighted by Crippen LogP contribution is -2.34. The number of rotatable bonds is 2. The van der Waals surface area contributed by atoms with E-state index in [-0.39, 0.29) is 0 Å². The second-order valence-electron chi connectivity index (χ2n) is 6.18. The van der Waals surface area contributed by atoms with E-state index in [1.165, 1.54) is 0 Å². The lowest BCUT2D eigenvalue weighted by atomic mass is 9.79. The smallest absolute Gasteiger partial charge is 0.534 e. The van der Waals surface area contributed by atoms with Crippen LogP contribution in [0.2, 0.25) is 0 Å². The van der Waals surface area contributed by atoms with Gasteiger partial charge < -0.3 is 18.8 Å². The van der Waals surface area contributed by atoms with E-state index < -0.39 is 12.7 Å². The standard InChI is InChI=1S/C16H16BN3O3/c1-9-16(3,4)23-17(21-9)12-5-6-13-11(7-12)8-14(19-13)15-18-10(2)20-22-15/h5-8,19H,1H2,2-4H3. The van der Waals surface area contributed by atoms with E-state index >= 15 is 0 Å². The molecule has 0 aliphatic carbocycles. The predicted molar refractivity (Wildman–Crippen MR) is 87.1 cm³/mol. The molecule has 0 radical (unpaired) electrons. The van der Waals surface area contributed by atoms with Crippen molar-refractivity contribution in [2.45, 2.75) is 26.4 Å². The van der Waals surface area contributed by atoms with Crippen LogP contribution in [0, 0.1) is 6.92 Å². The Morgan fingerprint density at radius 2 is 2.09 bits per heavy atom. The average molecular weight is 309 g/mol. The maximum absolute atomic E-state index is 5.92. The highest BCUT2D eigenvalue weighted by molar-refractivity contribution is 6.62. The number of nitrogens with zero attached hydrogens (tertiary/aromatic N) is 2. The minimum atomic E-state index is -0.482. The third-order valence-electron chi connectivity index (χ3n) is 4.00. The molecular weight excluding hydrogens is 293 g/mol. The van der Waals surface area contributed by atoms with Gasteiger partial charge in [0, 0.05) is 5.52 Å². The van der Waals surface area contributed by atoms with Crippen molar-refractivity contribution < 1.29 is 13.8 Å². The molecule has 3 aromatic rings. The monoisotopic (exact) mass is 309 g/mol. The van der Waals surface area contributed by atoms with Crippen LogP contribution in [0.15, 0.2) is 41.1 Å². The fourth-order valence-electron chi connectivity index (χ4n) is 2.58. The van der Waals surface area contributed by atoms with Gasteiger partial charge in [-0.1, -0.05) is 23.9 Å². The number of fused-ring (bicyclic) bond motifs is 1. The van der Waals surface area contributed by atoms with Gasteiger partial charge in [0.2, 0.25) is 0 Å². The van der Waals surface area contributed by atoms with E-state index in [4.69, 9.17) is 13.8 Å². The largest absolute Gasteiger partial charge is 0.563 e. The van der Waals surface area contributed by atoms with E-state index in [0.29, 0.717) is 17.5 Å². The van der Waals surface area contributed by atoms with Crippen molar-refractivity contribution >= 4 is 23.5 Å². The fraction of sp³-hybridized carbons (Fsp3) is 0.250. The third-order valence-corrected chi connectivity index (χ3v) is 4.00. The molecule has 116 valence electrons. The molecule has 1 aliphatic rings. The number of aryl methyl sites for hydroxylation is 1. The van der Waals surface area contributed by atoms with Crippen molar-refractivity contribution in [1.82, 2.24) is 15.1 Å². The van der Waals surface area contributed by atoms with Gasteiger partial charge in [0.1, 0.15) is 11.3 Å². The summed E-state index contributed by atoms with van der Waals surface area (Å²) >= 11 is 0. The van der Waals surface area contributed by atoms with Crippen LogP contribution in [0.1, 0.15) is 19.7 Å². The summed E-state index contributed by atoms with van der Waals surface area (Å²) in [6.07, 6.45) is 0. The van der Waals surface area contributed by atoms with E-state index in [9.17, 15) is 0 Å². The molecule has 0 unspecified atom stereocenters. The van der Waals surface area contributed by atoms with Crippen LogP contribution in [0.25, 0.3) is 22.5 Å². The number of hydrogen-bond acceptors (Lipinski definition) is 5. The molecule has 1 N–H and O–H groups in total. The van der Waals surface area contributed by atoms with Gasteiger partial charge in [0.15, 0.2) is 5.82 Å². The number of benzene rings is 1. The molecule has 1 aliphatic heterocycles. The Morgan fingerprint density at radius 1 is 1.26 bits per heavy atom. The third kappa shape index (κ3) is 2.33. The first-order valence-electron chi connectivity index (χ1n) is 7.39.